The van der Waals surface area contributed by atoms with E-state index in [4.69, 9.17) is 4.74 Å². The predicted octanol–water partition coefficient (Wildman–Crippen LogP) is 15.5. The van der Waals surface area contributed by atoms with Gasteiger partial charge in [0.05, 0.1) is 25.4 Å². The van der Waals surface area contributed by atoms with Crippen molar-refractivity contribution in [1.29, 1.82) is 0 Å². The highest BCUT2D eigenvalue weighted by molar-refractivity contribution is 5.76. The van der Waals surface area contributed by atoms with Crippen LogP contribution in [-0.2, 0) is 14.3 Å². The first-order valence-electron chi connectivity index (χ1n) is 26.1. The van der Waals surface area contributed by atoms with Gasteiger partial charge in [-0.05, 0) is 64.2 Å². The lowest BCUT2D eigenvalue weighted by Crippen LogP contribution is -2.45. The van der Waals surface area contributed by atoms with E-state index in [9.17, 15) is 19.8 Å². The van der Waals surface area contributed by atoms with Crippen molar-refractivity contribution < 1.29 is 24.5 Å². The second kappa shape index (κ2) is 49.0. The number of rotatable bonds is 48. The number of aliphatic hydroxyl groups excluding tert-OH is 2. The van der Waals surface area contributed by atoms with E-state index in [1.165, 1.54) is 173 Å². The highest BCUT2D eigenvalue weighted by Gasteiger charge is 2.18. The normalized spacial score (nSPS) is 12.8. The Morgan fingerprint density at radius 3 is 1.20 bits per heavy atom. The summed E-state index contributed by atoms with van der Waals surface area (Å²) in [5, 5.41) is 23.1. The van der Waals surface area contributed by atoms with Crippen LogP contribution in [0.2, 0.25) is 0 Å². The van der Waals surface area contributed by atoms with Crippen LogP contribution in [0.5, 0.6) is 0 Å². The minimum absolute atomic E-state index is 0.0222. The van der Waals surface area contributed by atoms with Crippen molar-refractivity contribution in [3.63, 3.8) is 0 Å². The van der Waals surface area contributed by atoms with Crippen LogP contribution < -0.4 is 5.32 Å². The molecule has 2 unspecified atom stereocenters. The van der Waals surface area contributed by atoms with Gasteiger partial charge in [0, 0.05) is 12.8 Å². The summed E-state index contributed by atoms with van der Waals surface area (Å²) in [6, 6.07) is -0.645. The topological polar surface area (TPSA) is 95.9 Å². The molecule has 1 amide bonds. The summed E-state index contributed by atoms with van der Waals surface area (Å²) in [7, 11) is 0. The Labute approximate surface area is 367 Å². The van der Waals surface area contributed by atoms with E-state index >= 15 is 0 Å². The second-order valence-corrected chi connectivity index (χ2v) is 17.9. The van der Waals surface area contributed by atoms with E-state index in [-0.39, 0.29) is 18.5 Å². The number of allylic oxidation sites excluding steroid dienone is 3. The largest absolute Gasteiger partial charge is 0.466 e. The summed E-state index contributed by atoms with van der Waals surface area (Å²) in [5.74, 6) is -0.115. The Morgan fingerprint density at radius 1 is 0.458 bits per heavy atom. The third-order valence-corrected chi connectivity index (χ3v) is 12.0. The van der Waals surface area contributed by atoms with Gasteiger partial charge in [-0.3, -0.25) is 9.59 Å². The van der Waals surface area contributed by atoms with Crippen LogP contribution in [0.4, 0.5) is 0 Å². The molecule has 0 aliphatic rings. The first kappa shape index (κ1) is 57.3. The average molecular weight is 832 g/mol. The number of aliphatic hydroxyl groups is 2. The first-order valence-corrected chi connectivity index (χ1v) is 26.1. The predicted molar refractivity (Wildman–Crippen MR) is 255 cm³/mol. The standard InChI is InChI=1S/C53H101NO5/c1-3-5-7-9-11-13-15-17-19-20-21-25-29-33-37-41-45-51(56)50(49-55)54-52(57)46-42-38-34-30-26-23-24-28-32-36-40-44-48-59-53(58)47-43-39-35-31-27-22-18-16-14-12-10-8-6-4-2/h24,28,41,45,50-51,55-56H,3-23,25-27,29-40,42-44,46-49H2,1-2H3,(H,54,57)/b28-24-,45-41+. The summed E-state index contributed by atoms with van der Waals surface area (Å²) < 4.78 is 5.44. The van der Waals surface area contributed by atoms with Gasteiger partial charge in [0.25, 0.3) is 0 Å². The molecule has 0 spiro atoms. The lowest BCUT2D eigenvalue weighted by atomic mass is 10.0. The Balaban J connectivity index is 3.54. The van der Waals surface area contributed by atoms with E-state index in [1.54, 1.807) is 6.08 Å². The number of ether oxygens (including phenoxy) is 1. The van der Waals surface area contributed by atoms with Gasteiger partial charge in [0.2, 0.25) is 5.91 Å². The van der Waals surface area contributed by atoms with Gasteiger partial charge in [-0.1, -0.05) is 224 Å². The lowest BCUT2D eigenvalue weighted by molar-refractivity contribution is -0.143. The number of carbonyl (C=O) groups is 2. The van der Waals surface area contributed by atoms with Crippen molar-refractivity contribution in [2.75, 3.05) is 13.2 Å². The average Bonchev–Trinajstić information content (AvgIpc) is 3.24. The minimum atomic E-state index is -0.859. The summed E-state index contributed by atoms with van der Waals surface area (Å²) in [6.45, 7) is 4.85. The molecule has 0 aromatic rings. The van der Waals surface area contributed by atoms with Gasteiger partial charge in [0.1, 0.15) is 0 Å². The van der Waals surface area contributed by atoms with E-state index in [1.807, 2.05) is 6.08 Å². The van der Waals surface area contributed by atoms with Crippen LogP contribution in [0.25, 0.3) is 0 Å². The maximum atomic E-state index is 12.4. The Hall–Kier alpha value is -1.66. The smallest absolute Gasteiger partial charge is 0.305 e. The highest BCUT2D eigenvalue weighted by Crippen LogP contribution is 2.16. The summed E-state index contributed by atoms with van der Waals surface area (Å²) in [4.78, 5) is 24.4. The fourth-order valence-electron chi connectivity index (χ4n) is 7.92. The minimum Gasteiger partial charge on any atom is -0.466 e. The van der Waals surface area contributed by atoms with Crippen LogP contribution >= 0.6 is 0 Å². The second-order valence-electron chi connectivity index (χ2n) is 17.9. The molecule has 348 valence electrons. The number of hydrogen-bond donors (Lipinski definition) is 3. The van der Waals surface area contributed by atoms with Gasteiger partial charge in [0.15, 0.2) is 0 Å². The van der Waals surface area contributed by atoms with E-state index in [0.717, 1.165) is 77.0 Å². The monoisotopic (exact) mass is 832 g/mol. The van der Waals surface area contributed by atoms with E-state index in [0.29, 0.717) is 19.4 Å². The number of amides is 1. The molecule has 0 saturated heterocycles. The Kier molecular flexibility index (Phi) is 47.6. The summed E-state index contributed by atoms with van der Waals surface area (Å²) in [6.07, 6.45) is 57.5. The molecule has 0 radical (unpaired) electrons. The van der Waals surface area contributed by atoms with E-state index in [2.05, 4.69) is 31.3 Å². The van der Waals surface area contributed by atoms with Crippen LogP contribution in [0.1, 0.15) is 277 Å². The van der Waals surface area contributed by atoms with Crippen LogP contribution in [-0.4, -0.2) is 47.4 Å². The number of unbranched alkanes of at least 4 members (excludes halogenated alkanes) is 35. The van der Waals surface area contributed by atoms with Gasteiger partial charge in [-0.25, -0.2) is 0 Å². The van der Waals surface area contributed by atoms with Crippen molar-refractivity contribution in [2.45, 2.75) is 289 Å². The van der Waals surface area contributed by atoms with Crippen molar-refractivity contribution in [1.82, 2.24) is 5.32 Å². The zero-order chi connectivity index (χ0) is 43.0. The molecule has 0 aromatic carbocycles. The molecule has 0 bridgehead atoms. The number of hydrogen-bond acceptors (Lipinski definition) is 5. The SMILES string of the molecule is CCCCCCCCCCCCCCCC/C=C/C(O)C(CO)NC(=O)CCCCCCC/C=C\CCCCCOC(=O)CCCCCCCCCCCCCCCC. The molecule has 6 heteroatoms. The molecule has 0 aliphatic carbocycles. The van der Waals surface area contributed by atoms with Gasteiger partial charge in [-0.2, -0.15) is 0 Å². The van der Waals surface area contributed by atoms with Gasteiger partial charge < -0.3 is 20.3 Å². The first-order chi connectivity index (χ1) is 29.0. The maximum Gasteiger partial charge on any atom is 0.305 e. The fraction of sp³-hybridized carbons (Fsp3) is 0.887. The molecular formula is C53H101NO5. The van der Waals surface area contributed by atoms with Crippen molar-refractivity contribution in [2.24, 2.45) is 0 Å². The molecule has 0 aromatic heterocycles. The Morgan fingerprint density at radius 2 is 0.797 bits per heavy atom. The highest BCUT2D eigenvalue weighted by atomic mass is 16.5. The number of nitrogens with one attached hydrogen (secondary N) is 1. The molecule has 0 fully saturated rings. The van der Waals surface area contributed by atoms with Crippen LogP contribution in [0.15, 0.2) is 24.3 Å². The molecular weight excluding hydrogens is 731 g/mol. The van der Waals surface area contributed by atoms with Crippen molar-refractivity contribution in [3.05, 3.63) is 24.3 Å². The van der Waals surface area contributed by atoms with Crippen LogP contribution in [0.3, 0.4) is 0 Å². The maximum absolute atomic E-state index is 12.4. The molecule has 0 saturated carbocycles. The third-order valence-electron chi connectivity index (χ3n) is 12.0. The quantitative estimate of drug-likeness (QED) is 0.0322. The fourth-order valence-corrected chi connectivity index (χ4v) is 7.92. The molecule has 0 heterocycles. The van der Waals surface area contributed by atoms with Crippen molar-refractivity contribution >= 4 is 11.9 Å². The van der Waals surface area contributed by atoms with E-state index < -0.39 is 12.1 Å². The Bertz CT molecular complexity index is 920. The third kappa shape index (κ3) is 45.7. The molecule has 6 nitrogen and oxygen atoms in total. The molecule has 0 rings (SSSR count). The zero-order valence-electron chi connectivity index (χ0n) is 39.5. The zero-order valence-corrected chi connectivity index (χ0v) is 39.5. The van der Waals surface area contributed by atoms with Crippen molar-refractivity contribution in [3.8, 4) is 0 Å². The number of esters is 1. The molecule has 3 N–H and O–H groups in total. The summed E-state index contributed by atoms with van der Waals surface area (Å²) in [5.41, 5.74) is 0. The molecule has 2 atom stereocenters. The lowest BCUT2D eigenvalue weighted by Gasteiger charge is -2.20. The van der Waals surface area contributed by atoms with Gasteiger partial charge >= 0.3 is 5.97 Å². The summed E-state index contributed by atoms with van der Waals surface area (Å²) >= 11 is 0. The molecule has 0 aliphatic heterocycles. The van der Waals surface area contributed by atoms with Gasteiger partial charge in [-0.15, -0.1) is 0 Å². The molecule has 59 heavy (non-hydrogen) atoms. The number of carbonyl (C=O) groups excluding carboxylic acids is 2. The van der Waals surface area contributed by atoms with Crippen LogP contribution in [0, 0.1) is 0 Å².